The number of carbonyl (C=O) groups excluding carboxylic acids is 2. The molecule has 1 atom stereocenters. The molecule has 184 valence electrons. The monoisotopic (exact) mass is 495 g/mol. The summed E-state index contributed by atoms with van der Waals surface area (Å²) in [5, 5.41) is 12.2. The molecule has 2 aromatic carbocycles. The molecule has 2 heterocycles. The Morgan fingerprint density at radius 2 is 1.83 bits per heavy atom. The summed E-state index contributed by atoms with van der Waals surface area (Å²) in [5.74, 6) is 0.252. The fourth-order valence-electron chi connectivity index (χ4n) is 3.75. The maximum absolute atomic E-state index is 12.9. The van der Waals surface area contributed by atoms with Gasteiger partial charge in [0.15, 0.2) is 5.16 Å². The van der Waals surface area contributed by atoms with E-state index in [0.717, 1.165) is 35.9 Å². The van der Waals surface area contributed by atoms with Crippen LogP contribution < -0.4 is 10.2 Å². The van der Waals surface area contributed by atoms with Gasteiger partial charge in [0.2, 0.25) is 11.9 Å². The van der Waals surface area contributed by atoms with Crippen molar-refractivity contribution in [2.45, 2.75) is 30.8 Å². The van der Waals surface area contributed by atoms with Gasteiger partial charge in [0.25, 0.3) is 0 Å². The standard InChI is InChI=1S/C25H29N5O4S/c1-17-6-4-5-7-21(17)30-24(29-12-14-34-15-13-29)27-28-25(30)35-18(2)22(31)26-16-19-8-10-20(11-9-19)23(32)33-3/h4-11,18H,12-16H2,1-3H3,(H,26,31)/t18-/m0/s1. The van der Waals surface area contributed by atoms with Crippen LogP contribution in [0, 0.1) is 6.92 Å². The van der Waals surface area contributed by atoms with Crippen molar-refractivity contribution in [2.75, 3.05) is 38.3 Å². The van der Waals surface area contributed by atoms with Gasteiger partial charge in [0.1, 0.15) is 0 Å². The van der Waals surface area contributed by atoms with Gasteiger partial charge >= 0.3 is 5.97 Å². The van der Waals surface area contributed by atoms with Crippen LogP contribution in [0.1, 0.15) is 28.4 Å². The number of nitrogens with zero attached hydrogens (tertiary/aromatic N) is 4. The summed E-state index contributed by atoms with van der Waals surface area (Å²) in [6.07, 6.45) is 0. The Kier molecular flexibility index (Phi) is 8.04. The topological polar surface area (TPSA) is 98.6 Å². The molecule has 9 nitrogen and oxygen atoms in total. The second kappa shape index (κ2) is 11.4. The third kappa shape index (κ3) is 5.83. The number of methoxy groups -OCH3 is 1. The summed E-state index contributed by atoms with van der Waals surface area (Å²) in [5.41, 5.74) is 3.44. The number of benzene rings is 2. The summed E-state index contributed by atoms with van der Waals surface area (Å²) in [6.45, 7) is 7.01. The lowest BCUT2D eigenvalue weighted by Gasteiger charge is -2.28. The number of carbonyl (C=O) groups is 2. The number of aryl methyl sites for hydroxylation is 1. The zero-order valence-electron chi connectivity index (χ0n) is 20.1. The lowest BCUT2D eigenvalue weighted by atomic mass is 10.1. The van der Waals surface area contributed by atoms with Crippen molar-refractivity contribution in [3.05, 3.63) is 65.2 Å². The van der Waals surface area contributed by atoms with E-state index in [1.807, 2.05) is 29.7 Å². The highest BCUT2D eigenvalue weighted by Gasteiger charge is 2.25. The Labute approximate surface area is 208 Å². The first-order chi connectivity index (χ1) is 17.0. The van der Waals surface area contributed by atoms with Crippen molar-refractivity contribution < 1.29 is 19.1 Å². The Hall–Kier alpha value is -3.37. The molecular weight excluding hydrogens is 466 g/mol. The van der Waals surface area contributed by atoms with Crippen LogP contribution in [0.5, 0.6) is 0 Å². The van der Waals surface area contributed by atoms with Crippen molar-refractivity contribution in [2.24, 2.45) is 0 Å². The number of hydrogen-bond acceptors (Lipinski definition) is 8. The van der Waals surface area contributed by atoms with Crippen LogP contribution in [0.4, 0.5) is 5.95 Å². The summed E-state index contributed by atoms with van der Waals surface area (Å²) < 4.78 is 12.2. The van der Waals surface area contributed by atoms with Crippen LogP contribution in [-0.2, 0) is 20.8 Å². The number of nitrogens with one attached hydrogen (secondary N) is 1. The number of hydrogen-bond donors (Lipinski definition) is 1. The molecule has 1 amide bonds. The molecule has 0 aliphatic carbocycles. The number of amides is 1. The first-order valence-electron chi connectivity index (χ1n) is 11.4. The van der Waals surface area contributed by atoms with Gasteiger partial charge < -0.3 is 19.7 Å². The van der Waals surface area contributed by atoms with Crippen LogP contribution in [0.25, 0.3) is 5.69 Å². The zero-order valence-corrected chi connectivity index (χ0v) is 20.9. The Morgan fingerprint density at radius 1 is 1.11 bits per heavy atom. The Bertz CT molecular complexity index is 1170. The van der Waals surface area contributed by atoms with Gasteiger partial charge in [0.05, 0.1) is 36.8 Å². The third-order valence-corrected chi connectivity index (χ3v) is 6.80. The largest absolute Gasteiger partial charge is 0.465 e. The number of ether oxygens (including phenoxy) is 2. The molecule has 0 bridgehead atoms. The van der Waals surface area contributed by atoms with Crippen molar-refractivity contribution in [3.63, 3.8) is 0 Å². The molecule has 0 spiro atoms. The van der Waals surface area contributed by atoms with E-state index in [2.05, 4.69) is 33.4 Å². The number of rotatable bonds is 8. The lowest BCUT2D eigenvalue weighted by Crippen LogP contribution is -2.38. The molecule has 0 unspecified atom stereocenters. The maximum atomic E-state index is 12.9. The van der Waals surface area contributed by atoms with Crippen LogP contribution in [0.3, 0.4) is 0 Å². The zero-order chi connectivity index (χ0) is 24.8. The quantitative estimate of drug-likeness (QED) is 0.376. The molecule has 1 aliphatic heterocycles. The average molecular weight is 496 g/mol. The van der Waals surface area contributed by atoms with Gasteiger partial charge in [-0.3, -0.25) is 9.36 Å². The smallest absolute Gasteiger partial charge is 0.337 e. The van der Waals surface area contributed by atoms with Gasteiger partial charge in [-0.25, -0.2) is 4.79 Å². The minimum Gasteiger partial charge on any atom is -0.465 e. The third-order valence-electron chi connectivity index (χ3n) is 5.76. The van der Waals surface area contributed by atoms with E-state index in [4.69, 9.17) is 9.47 Å². The molecule has 1 fully saturated rings. The lowest BCUT2D eigenvalue weighted by molar-refractivity contribution is -0.120. The highest BCUT2D eigenvalue weighted by atomic mass is 32.2. The number of para-hydroxylation sites is 1. The fourth-order valence-corrected chi connectivity index (χ4v) is 4.63. The predicted octanol–water partition coefficient (Wildman–Crippen LogP) is 3.00. The van der Waals surface area contributed by atoms with Crippen molar-refractivity contribution in [1.82, 2.24) is 20.1 Å². The van der Waals surface area contributed by atoms with Gasteiger partial charge in [0, 0.05) is 19.6 Å². The fraction of sp³-hybridized carbons (Fsp3) is 0.360. The molecule has 3 aromatic rings. The Balaban J connectivity index is 1.48. The van der Waals surface area contributed by atoms with E-state index >= 15 is 0 Å². The summed E-state index contributed by atoms with van der Waals surface area (Å²) in [7, 11) is 1.35. The molecule has 1 aliphatic rings. The molecule has 35 heavy (non-hydrogen) atoms. The van der Waals surface area contributed by atoms with Crippen LogP contribution >= 0.6 is 11.8 Å². The highest BCUT2D eigenvalue weighted by Crippen LogP contribution is 2.31. The molecule has 1 N–H and O–H groups in total. The van der Waals surface area contributed by atoms with E-state index in [0.29, 0.717) is 30.5 Å². The van der Waals surface area contributed by atoms with E-state index in [1.165, 1.54) is 18.9 Å². The molecule has 4 rings (SSSR count). The number of aromatic nitrogens is 3. The Morgan fingerprint density at radius 3 is 2.51 bits per heavy atom. The minimum atomic E-state index is -0.395. The SMILES string of the molecule is COC(=O)c1ccc(CNC(=O)[C@H](C)Sc2nnc(N3CCOCC3)n2-c2ccccc2C)cc1. The van der Waals surface area contributed by atoms with Gasteiger partial charge in [-0.1, -0.05) is 42.1 Å². The predicted molar refractivity (Wildman–Crippen MR) is 134 cm³/mol. The van der Waals surface area contributed by atoms with Crippen molar-refractivity contribution >= 4 is 29.6 Å². The normalized spacial score (nSPS) is 14.4. The molecule has 1 aromatic heterocycles. The number of thioether (sulfide) groups is 1. The maximum Gasteiger partial charge on any atom is 0.337 e. The van der Waals surface area contributed by atoms with Gasteiger partial charge in [-0.2, -0.15) is 0 Å². The molecule has 10 heteroatoms. The highest BCUT2D eigenvalue weighted by molar-refractivity contribution is 8.00. The first-order valence-corrected chi connectivity index (χ1v) is 12.3. The van der Waals surface area contributed by atoms with E-state index in [1.54, 1.807) is 24.3 Å². The molecule has 0 saturated carbocycles. The minimum absolute atomic E-state index is 0.112. The van der Waals surface area contributed by atoms with Gasteiger partial charge in [-0.15, -0.1) is 10.2 Å². The number of morpholine rings is 1. The van der Waals surface area contributed by atoms with Crippen LogP contribution in [-0.4, -0.2) is 65.3 Å². The molecule has 0 radical (unpaired) electrons. The van der Waals surface area contributed by atoms with Crippen LogP contribution in [0.2, 0.25) is 0 Å². The van der Waals surface area contributed by atoms with Gasteiger partial charge in [-0.05, 0) is 43.2 Å². The van der Waals surface area contributed by atoms with E-state index < -0.39 is 5.25 Å². The van der Waals surface area contributed by atoms with E-state index in [-0.39, 0.29) is 11.9 Å². The van der Waals surface area contributed by atoms with Crippen LogP contribution in [0.15, 0.2) is 53.7 Å². The van der Waals surface area contributed by atoms with E-state index in [9.17, 15) is 9.59 Å². The number of anilines is 1. The van der Waals surface area contributed by atoms with Crippen molar-refractivity contribution in [3.8, 4) is 5.69 Å². The summed E-state index contributed by atoms with van der Waals surface area (Å²) in [6, 6.07) is 15.0. The molecular formula is C25H29N5O4S. The summed E-state index contributed by atoms with van der Waals surface area (Å²) in [4.78, 5) is 26.6. The van der Waals surface area contributed by atoms with Crippen molar-refractivity contribution in [1.29, 1.82) is 0 Å². The second-order valence-corrected chi connectivity index (χ2v) is 9.48. The molecule has 1 saturated heterocycles. The average Bonchev–Trinajstić information content (AvgIpc) is 3.31. The first kappa shape index (κ1) is 24.7. The summed E-state index contributed by atoms with van der Waals surface area (Å²) >= 11 is 1.37. The number of esters is 1. The second-order valence-electron chi connectivity index (χ2n) is 8.17.